The first kappa shape index (κ1) is 21.2. The number of rotatable bonds is 7. The summed E-state index contributed by atoms with van der Waals surface area (Å²) in [4.78, 5) is 22.9. The van der Waals surface area contributed by atoms with Crippen LogP contribution in [0.1, 0.15) is 26.6 Å². The van der Waals surface area contributed by atoms with Crippen molar-refractivity contribution in [2.24, 2.45) is 0 Å². The number of aromatic nitrogens is 2. The number of methoxy groups -OCH3 is 2. The molecule has 0 aliphatic carbocycles. The summed E-state index contributed by atoms with van der Waals surface area (Å²) in [5.41, 5.74) is 1.54. The number of hydrogen-bond donors (Lipinski definition) is 1. The van der Waals surface area contributed by atoms with E-state index in [-0.39, 0.29) is 24.0 Å². The van der Waals surface area contributed by atoms with Crippen molar-refractivity contribution in [3.05, 3.63) is 46.1 Å². The largest absolute Gasteiger partial charge is 0.480 e. The van der Waals surface area contributed by atoms with Crippen molar-refractivity contribution >= 4 is 37.3 Å². The van der Waals surface area contributed by atoms with Crippen LogP contribution in [-0.4, -0.2) is 44.8 Å². The lowest BCUT2D eigenvalue weighted by Crippen LogP contribution is -2.22. The summed E-state index contributed by atoms with van der Waals surface area (Å²) in [6.45, 7) is 2.35. The van der Waals surface area contributed by atoms with Crippen molar-refractivity contribution in [2.45, 2.75) is 25.0 Å². The van der Waals surface area contributed by atoms with E-state index in [1.54, 1.807) is 19.2 Å². The summed E-state index contributed by atoms with van der Waals surface area (Å²) in [5, 5.41) is 3.57. The van der Waals surface area contributed by atoms with Crippen LogP contribution >= 0.6 is 11.3 Å². The molecule has 0 saturated carbocycles. The number of aryl methyl sites for hydroxylation is 1. The monoisotopic (exact) mass is 435 g/mol. The molecule has 0 unspecified atom stereocenters. The zero-order valence-corrected chi connectivity index (χ0v) is 18.1. The highest BCUT2D eigenvalue weighted by molar-refractivity contribution is 7.90. The zero-order chi connectivity index (χ0) is 21.2. The lowest BCUT2D eigenvalue weighted by atomic mass is 10.2. The average molecular weight is 436 g/mol. The van der Waals surface area contributed by atoms with Gasteiger partial charge in [0.05, 0.1) is 22.3 Å². The minimum absolute atomic E-state index is 0.241. The predicted molar refractivity (Wildman–Crippen MR) is 110 cm³/mol. The van der Waals surface area contributed by atoms with Crippen molar-refractivity contribution in [2.75, 3.05) is 20.5 Å². The maximum Gasteiger partial charge on any atom is 0.261 e. The first-order chi connectivity index (χ1) is 13.7. The SMILES string of the molecule is COCc1nc(OC)c2c(C)c(C(=O)NCc3ccc(S(C)(=O)=O)cc3)sc2n1. The molecule has 2 heterocycles. The second-order valence-electron chi connectivity index (χ2n) is 6.42. The topological polar surface area (TPSA) is 107 Å². The van der Waals surface area contributed by atoms with E-state index < -0.39 is 9.84 Å². The lowest BCUT2D eigenvalue weighted by Gasteiger charge is -2.06. The predicted octanol–water partition coefficient (Wildman–Crippen LogP) is 2.49. The van der Waals surface area contributed by atoms with Crippen molar-refractivity contribution in [3.63, 3.8) is 0 Å². The lowest BCUT2D eigenvalue weighted by molar-refractivity contribution is 0.0954. The minimum Gasteiger partial charge on any atom is -0.480 e. The van der Waals surface area contributed by atoms with Gasteiger partial charge in [0, 0.05) is 19.9 Å². The number of benzene rings is 1. The van der Waals surface area contributed by atoms with Gasteiger partial charge in [0.1, 0.15) is 11.4 Å². The van der Waals surface area contributed by atoms with Gasteiger partial charge in [0.15, 0.2) is 15.7 Å². The summed E-state index contributed by atoms with van der Waals surface area (Å²) >= 11 is 1.26. The van der Waals surface area contributed by atoms with Crippen LogP contribution in [0.2, 0.25) is 0 Å². The van der Waals surface area contributed by atoms with Crippen LogP contribution in [0.5, 0.6) is 5.88 Å². The highest BCUT2D eigenvalue weighted by Crippen LogP contribution is 2.35. The van der Waals surface area contributed by atoms with Crippen LogP contribution in [0.15, 0.2) is 29.2 Å². The molecule has 0 saturated heterocycles. The Hall–Kier alpha value is -2.56. The smallest absolute Gasteiger partial charge is 0.261 e. The Morgan fingerprint density at radius 2 is 1.86 bits per heavy atom. The third kappa shape index (κ3) is 4.55. The Kier molecular flexibility index (Phi) is 6.15. The normalized spacial score (nSPS) is 11.6. The molecule has 10 heteroatoms. The number of amides is 1. The molecule has 0 bridgehead atoms. The van der Waals surface area contributed by atoms with Gasteiger partial charge in [0.25, 0.3) is 5.91 Å². The Morgan fingerprint density at radius 3 is 2.45 bits per heavy atom. The molecule has 2 aromatic heterocycles. The fourth-order valence-electron chi connectivity index (χ4n) is 2.82. The van der Waals surface area contributed by atoms with E-state index in [0.29, 0.717) is 26.8 Å². The standard InChI is InChI=1S/C19H21N3O5S2/c1-11-15-18(27-3)21-14(10-26-2)22-19(15)28-16(11)17(23)20-9-12-5-7-13(8-6-12)29(4,24)25/h5-8H,9-10H2,1-4H3,(H,20,23). The van der Waals surface area contributed by atoms with Crippen LogP contribution in [0.4, 0.5) is 0 Å². The summed E-state index contributed by atoms with van der Waals surface area (Å²) < 4.78 is 33.5. The minimum atomic E-state index is -3.25. The number of nitrogens with one attached hydrogen (secondary N) is 1. The molecule has 29 heavy (non-hydrogen) atoms. The fraction of sp³-hybridized carbons (Fsp3) is 0.316. The number of hydrogen-bond acceptors (Lipinski definition) is 8. The van der Waals surface area contributed by atoms with E-state index >= 15 is 0 Å². The van der Waals surface area contributed by atoms with Crippen molar-refractivity contribution in [3.8, 4) is 5.88 Å². The van der Waals surface area contributed by atoms with E-state index in [2.05, 4.69) is 15.3 Å². The average Bonchev–Trinajstić information content (AvgIpc) is 3.02. The van der Waals surface area contributed by atoms with E-state index in [1.165, 1.54) is 30.6 Å². The van der Waals surface area contributed by atoms with Crippen molar-refractivity contribution < 1.29 is 22.7 Å². The van der Waals surface area contributed by atoms with Crippen molar-refractivity contribution in [1.29, 1.82) is 0 Å². The quantitative estimate of drug-likeness (QED) is 0.607. The van der Waals surface area contributed by atoms with Gasteiger partial charge in [-0.05, 0) is 30.2 Å². The molecular formula is C19H21N3O5S2. The van der Waals surface area contributed by atoms with Crippen LogP contribution in [0.3, 0.4) is 0 Å². The molecular weight excluding hydrogens is 414 g/mol. The van der Waals surface area contributed by atoms with Gasteiger partial charge >= 0.3 is 0 Å². The number of carbonyl (C=O) groups is 1. The van der Waals surface area contributed by atoms with Crippen molar-refractivity contribution in [1.82, 2.24) is 15.3 Å². The summed E-state index contributed by atoms with van der Waals surface area (Å²) in [6.07, 6.45) is 1.16. The van der Waals surface area contributed by atoms with E-state index in [9.17, 15) is 13.2 Å². The van der Waals surface area contributed by atoms with Crippen LogP contribution in [-0.2, 0) is 27.7 Å². The molecule has 154 valence electrons. The van der Waals surface area contributed by atoms with Gasteiger partial charge in [-0.2, -0.15) is 4.98 Å². The first-order valence-corrected chi connectivity index (χ1v) is 11.4. The van der Waals surface area contributed by atoms with Gasteiger partial charge in [-0.25, -0.2) is 13.4 Å². The number of thiophene rings is 1. The van der Waals surface area contributed by atoms with Crippen LogP contribution in [0, 0.1) is 6.92 Å². The van der Waals surface area contributed by atoms with E-state index in [4.69, 9.17) is 9.47 Å². The Bertz CT molecular complexity index is 1150. The Balaban J connectivity index is 1.83. The molecule has 3 aromatic rings. The molecule has 0 atom stereocenters. The first-order valence-electron chi connectivity index (χ1n) is 8.64. The molecule has 0 fully saturated rings. The number of sulfone groups is 1. The highest BCUT2D eigenvalue weighted by atomic mass is 32.2. The molecule has 1 amide bonds. The van der Waals surface area contributed by atoms with Crippen LogP contribution in [0.25, 0.3) is 10.2 Å². The van der Waals surface area contributed by atoms with E-state index in [0.717, 1.165) is 17.4 Å². The number of nitrogens with zero attached hydrogens (tertiary/aromatic N) is 2. The molecule has 0 spiro atoms. The van der Waals surface area contributed by atoms with Gasteiger partial charge in [-0.1, -0.05) is 12.1 Å². The number of carbonyl (C=O) groups excluding carboxylic acids is 1. The maximum atomic E-state index is 12.7. The van der Waals surface area contributed by atoms with Crippen LogP contribution < -0.4 is 10.1 Å². The summed E-state index contributed by atoms with van der Waals surface area (Å²) in [5.74, 6) is 0.648. The number of fused-ring (bicyclic) bond motifs is 1. The molecule has 0 aliphatic heterocycles. The Morgan fingerprint density at radius 1 is 1.17 bits per heavy atom. The third-order valence-corrected chi connectivity index (χ3v) is 6.59. The molecule has 1 N–H and O–H groups in total. The third-order valence-electron chi connectivity index (χ3n) is 4.28. The maximum absolute atomic E-state index is 12.7. The molecule has 8 nitrogen and oxygen atoms in total. The second-order valence-corrected chi connectivity index (χ2v) is 9.43. The van der Waals surface area contributed by atoms with E-state index in [1.807, 2.05) is 6.92 Å². The molecule has 1 aromatic carbocycles. The zero-order valence-electron chi connectivity index (χ0n) is 16.5. The number of ether oxygens (including phenoxy) is 2. The molecule has 3 rings (SSSR count). The molecule has 0 radical (unpaired) electrons. The summed E-state index contributed by atoms with van der Waals surface area (Å²) in [6, 6.07) is 6.42. The van der Waals surface area contributed by atoms with Gasteiger partial charge in [-0.15, -0.1) is 11.3 Å². The Labute approximate surface area is 172 Å². The fourth-order valence-corrected chi connectivity index (χ4v) is 4.56. The highest BCUT2D eigenvalue weighted by Gasteiger charge is 2.21. The van der Waals surface area contributed by atoms with Gasteiger partial charge in [0.2, 0.25) is 5.88 Å². The second kappa shape index (κ2) is 8.44. The van der Waals surface area contributed by atoms with Gasteiger partial charge < -0.3 is 14.8 Å². The van der Waals surface area contributed by atoms with Gasteiger partial charge in [-0.3, -0.25) is 4.79 Å². The molecule has 0 aliphatic rings. The summed E-state index contributed by atoms with van der Waals surface area (Å²) in [7, 11) is -0.168.